The van der Waals surface area contributed by atoms with Gasteiger partial charge in [0.2, 0.25) is 0 Å². The molecule has 0 radical (unpaired) electrons. The van der Waals surface area contributed by atoms with Crippen molar-refractivity contribution in [2.45, 2.75) is 26.0 Å². The first-order chi connectivity index (χ1) is 7.69. The van der Waals surface area contributed by atoms with Crippen molar-refractivity contribution in [3.8, 4) is 0 Å². The van der Waals surface area contributed by atoms with Gasteiger partial charge in [-0.25, -0.2) is 5.84 Å². The first-order valence-electron chi connectivity index (χ1n) is 5.31. The van der Waals surface area contributed by atoms with E-state index < -0.39 is 0 Å². The van der Waals surface area contributed by atoms with Crippen LogP contribution in [0.2, 0.25) is 0 Å². The van der Waals surface area contributed by atoms with Gasteiger partial charge in [0.15, 0.2) is 0 Å². The first-order valence-corrected chi connectivity index (χ1v) is 5.31. The van der Waals surface area contributed by atoms with Gasteiger partial charge >= 0.3 is 0 Å². The fourth-order valence-corrected chi connectivity index (χ4v) is 1.49. The number of nitrogens with one attached hydrogen (secondary N) is 1. The summed E-state index contributed by atoms with van der Waals surface area (Å²) < 4.78 is 5.42. The Bertz CT molecular complexity index is 335. The molecule has 1 unspecified atom stereocenters. The van der Waals surface area contributed by atoms with E-state index in [1.807, 2.05) is 44.2 Å². The Labute approximate surface area is 96.5 Å². The van der Waals surface area contributed by atoms with E-state index in [4.69, 9.17) is 10.6 Å². The second-order valence-corrected chi connectivity index (χ2v) is 3.78. The number of aliphatic imine (C=N–C) groups is 1. The lowest BCUT2D eigenvalue weighted by atomic mass is 10.1. The lowest BCUT2D eigenvalue weighted by molar-refractivity contribution is 0.154. The molecule has 1 atom stereocenters. The molecule has 1 aromatic carbocycles. The van der Waals surface area contributed by atoms with Crippen molar-refractivity contribution in [1.82, 2.24) is 5.43 Å². The van der Waals surface area contributed by atoms with Gasteiger partial charge in [0.1, 0.15) is 11.9 Å². The van der Waals surface area contributed by atoms with Crippen molar-refractivity contribution in [3.05, 3.63) is 35.9 Å². The van der Waals surface area contributed by atoms with Crippen LogP contribution in [0, 0.1) is 0 Å². The SMILES string of the molecule is COC(C(=NC(C)C)NN)c1ccccc1. The molecule has 16 heavy (non-hydrogen) atoms. The summed E-state index contributed by atoms with van der Waals surface area (Å²) in [6.45, 7) is 3.99. The number of methoxy groups -OCH3 is 1. The molecule has 0 aromatic heterocycles. The Hall–Kier alpha value is -1.39. The van der Waals surface area contributed by atoms with Crippen LogP contribution in [0.5, 0.6) is 0 Å². The summed E-state index contributed by atoms with van der Waals surface area (Å²) in [5.41, 5.74) is 3.64. The Kier molecular flexibility index (Phi) is 4.95. The molecule has 0 fully saturated rings. The van der Waals surface area contributed by atoms with E-state index in [0.717, 1.165) is 5.56 Å². The zero-order valence-electron chi connectivity index (χ0n) is 9.97. The summed E-state index contributed by atoms with van der Waals surface area (Å²) in [6.07, 6.45) is -0.242. The quantitative estimate of drug-likeness (QED) is 0.352. The molecule has 4 heteroatoms. The molecule has 0 aliphatic heterocycles. The van der Waals surface area contributed by atoms with Crippen molar-refractivity contribution in [2.24, 2.45) is 10.8 Å². The Morgan fingerprint density at radius 3 is 2.38 bits per heavy atom. The topological polar surface area (TPSA) is 59.6 Å². The van der Waals surface area contributed by atoms with Crippen LogP contribution in [0.1, 0.15) is 25.5 Å². The van der Waals surface area contributed by atoms with E-state index >= 15 is 0 Å². The maximum atomic E-state index is 5.47. The van der Waals surface area contributed by atoms with Gasteiger partial charge in [0, 0.05) is 13.2 Å². The van der Waals surface area contributed by atoms with Crippen molar-refractivity contribution in [1.29, 1.82) is 0 Å². The minimum atomic E-state index is -0.242. The molecule has 0 aliphatic rings. The molecule has 0 saturated carbocycles. The number of ether oxygens (including phenoxy) is 1. The molecule has 88 valence electrons. The van der Waals surface area contributed by atoms with Gasteiger partial charge in [-0.3, -0.25) is 4.99 Å². The summed E-state index contributed by atoms with van der Waals surface area (Å²) in [5.74, 6) is 6.12. The Morgan fingerprint density at radius 1 is 1.31 bits per heavy atom. The number of rotatable bonds is 4. The molecule has 0 bridgehead atoms. The highest BCUT2D eigenvalue weighted by Gasteiger charge is 2.16. The average Bonchev–Trinajstić information content (AvgIpc) is 2.29. The van der Waals surface area contributed by atoms with Crippen LogP contribution in [0.4, 0.5) is 0 Å². The van der Waals surface area contributed by atoms with E-state index in [-0.39, 0.29) is 12.1 Å². The van der Waals surface area contributed by atoms with E-state index in [2.05, 4.69) is 10.4 Å². The number of hydrogen-bond donors (Lipinski definition) is 2. The normalized spacial score (nSPS) is 13.9. The monoisotopic (exact) mass is 221 g/mol. The number of amidine groups is 1. The molecule has 0 amide bonds. The Balaban J connectivity index is 2.97. The Morgan fingerprint density at radius 2 is 1.94 bits per heavy atom. The van der Waals surface area contributed by atoms with E-state index in [1.165, 1.54) is 0 Å². The lowest BCUT2D eigenvalue weighted by Gasteiger charge is -2.18. The number of nitrogens with two attached hydrogens (primary N) is 1. The van der Waals surface area contributed by atoms with Gasteiger partial charge in [-0.15, -0.1) is 0 Å². The van der Waals surface area contributed by atoms with Crippen LogP contribution in [0.3, 0.4) is 0 Å². The van der Waals surface area contributed by atoms with Crippen LogP contribution in [0.25, 0.3) is 0 Å². The van der Waals surface area contributed by atoms with Crippen LogP contribution in [-0.2, 0) is 4.74 Å². The summed E-state index contributed by atoms with van der Waals surface area (Å²) in [5, 5.41) is 0. The number of hydrogen-bond acceptors (Lipinski definition) is 3. The van der Waals surface area contributed by atoms with E-state index in [9.17, 15) is 0 Å². The van der Waals surface area contributed by atoms with Gasteiger partial charge in [-0.1, -0.05) is 30.3 Å². The molecule has 4 nitrogen and oxygen atoms in total. The largest absolute Gasteiger partial charge is 0.369 e. The van der Waals surface area contributed by atoms with Crippen LogP contribution < -0.4 is 11.3 Å². The highest BCUT2D eigenvalue weighted by Crippen LogP contribution is 2.17. The van der Waals surface area contributed by atoms with Crippen molar-refractivity contribution < 1.29 is 4.74 Å². The third-order valence-electron chi connectivity index (χ3n) is 2.13. The number of nitrogens with zero attached hydrogens (tertiary/aromatic N) is 1. The molecule has 0 saturated heterocycles. The van der Waals surface area contributed by atoms with Crippen molar-refractivity contribution >= 4 is 5.84 Å². The zero-order chi connectivity index (χ0) is 12.0. The van der Waals surface area contributed by atoms with Crippen LogP contribution in [-0.4, -0.2) is 19.0 Å². The smallest absolute Gasteiger partial charge is 0.145 e. The highest BCUT2D eigenvalue weighted by molar-refractivity contribution is 5.87. The minimum absolute atomic E-state index is 0.174. The zero-order valence-corrected chi connectivity index (χ0v) is 9.97. The first kappa shape index (κ1) is 12.7. The third-order valence-corrected chi connectivity index (χ3v) is 2.13. The molecule has 0 spiro atoms. The van der Waals surface area contributed by atoms with Gasteiger partial charge in [0.05, 0.1) is 0 Å². The van der Waals surface area contributed by atoms with E-state index in [0.29, 0.717) is 5.84 Å². The predicted octanol–water partition coefficient (Wildman–Crippen LogP) is 1.64. The predicted molar refractivity (Wildman–Crippen MR) is 66.1 cm³/mol. The number of hydrazine groups is 1. The number of benzene rings is 1. The fourth-order valence-electron chi connectivity index (χ4n) is 1.49. The van der Waals surface area contributed by atoms with Crippen molar-refractivity contribution in [2.75, 3.05) is 7.11 Å². The molecular weight excluding hydrogens is 202 g/mol. The minimum Gasteiger partial charge on any atom is -0.369 e. The highest BCUT2D eigenvalue weighted by atomic mass is 16.5. The van der Waals surface area contributed by atoms with Crippen LogP contribution in [0.15, 0.2) is 35.3 Å². The molecular formula is C12H19N3O. The summed E-state index contributed by atoms with van der Waals surface area (Å²) in [7, 11) is 1.64. The second-order valence-electron chi connectivity index (χ2n) is 3.78. The van der Waals surface area contributed by atoms with E-state index in [1.54, 1.807) is 7.11 Å². The fraction of sp³-hybridized carbons (Fsp3) is 0.417. The maximum absolute atomic E-state index is 5.47. The van der Waals surface area contributed by atoms with Gasteiger partial charge in [0.25, 0.3) is 0 Å². The maximum Gasteiger partial charge on any atom is 0.145 e. The summed E-state index contributed by atoms with van der Waals surface area (Å²) >= 11 is 0. The molecule has 3 N–H and O–H groups in total. The summed E-state index contributed by atoms with van der Waals surface area (Å²) in [6, 6.07) is 10.0. The second kappa shape index (κ2) is 6.25. The van der Waals surface area contributed by atoms with Crippen LogP contribution >= 0.6 is 0 Å². The third kappa shape index (κ3) is 3.32. The molecule has 1 rings (SSSR count). The van der Waals surface area contributed by atoms with Gasteiger partial charge in [-0.05, 0) is 19.4 Å². The molecule has 0 aliphatic carbocycles. The van der Waals surface area contributed by atoms with Crippen molar-refractivity contribution in [3.63, 3.8) is 0 Å². The summed E-state index contributed by atoms with van der Waals surface area (Å²) in [4.78, 5) is 4.40. The van der Waals surface area contributed by atoms with Gasteiger partial charge in [-0.2, -0.15) is 0 Å². The standard InChI is InChI=1S/C12H19N3O/c1-9(2)14-12(15-13)11(16-3)10-7-5-4-6-8-10/h4-9,11H,13H2,1-3H3,(H,14,15). The lowest BCUT2D eigenvalue weighted by Crippen LogP contribution is -2.36. The average molecular weight is 221 g/mol. The van der Waals surface area contributed by atoms with Gasteiger partial charge < -0.3 is 10.2 Å². The molecule has 1 aromatic rings. The molecule has 0 heterocycles.